The summed E-state index contributed by atoms with van der Waals surface area (Å²) in [6.45, 7) is 8.41. The van der Waals surface area contributed by atoms with Crippen molar-refractivity contribution in [2.24, 2.45) is 0 Å². The van der Waals surface area contributed by atoms with Crippen LogP contribution >= 0.6 is 22.7 Å². The summed E-state index contributed by atoms with van der Waals surface area (Å²) in [6, 6.07) is 10.3. The predicted molar refractivity (Wildman–Crippen MR) is 138 cm³/mol. The molecule has 1 aliphatic heterocycles. The molecule has 0 unspecified atom stereocenters. The molecule has 0 N–H and O–H groups in total. The number of ether oxygens (including phenoxy) is 2. The first-order chi connectivity index (χ1) is 16.2. The molecule has 3 aromatic heterocycles. The van der Waals surface area contributed by atoms with E-state index in [1.54, 1.807) is 34.7 Å². The van der Waals surface area contributed by atoms with Crippen molar-refractivity contribution in [3.05, 3.63) is 57.2 Å². The molecule has 0 saturated heterocycles. The highest BCUT2D eigenvalue weighted by molar-refractivity contribution is 7.15. The average Bonchev–Trinajstić information content (AvgIpc) is 3.55. The number of carbonyl (C=O) groups excluding carboxylic acids is 1. The molecular formula is C26H27N3O3S2. The lowest BCUT2D eigenvalue weighted by atomic mass is 9.98. The van der Waals surface area contributed by atoms with Crippen molar-refractivity contribution in [2.45, 2.75) is 39.8 Å². The Balaban J connectivity index is 1.75. The number of fused-ring (bicyclic) bond motifs is 3. The first kappa shape index (κ1) is 22.7. The summed E-state index contributed by atoms with van der Waals surface area (Å²) >= 11 is 3.32. The van der Waals surface area contributed by atoms with E-state index in [0.717, 1.165) is 44.4 Å². The van der Waals surface area contributed by atoms with Crippen molar-refractivity contribution < 1.29 is 14.3 Å². The van der Waals surface area contributed by atoms with Crippen molar-refractivity contribution >= 4 is 28.6 Å². The monoisotopic (exact) mass is 493 g/mol. The molecule has 5 rings (SSSR count). The molecule has 0 bridgehead atoms. The van der Waals surface area contributed by atoms with Gasteiger partial charge in [0.1, 0.15) is 18.1 Å². The Bertz CT molecular complexity index is 1380. The Morgan fingerprint density at radius 2 is 2.00 bits per heavy atom. The van der Waals surface area contributed by atoms with Gasteiger partial charge in [-0.2, -0.15) is 16.4 Å². The number of aryl methyl sites for hydroxylation is 1. The molecule has 0 saturated carbocycles. The van der Waals surface area contributed by atoms with Crippen LogP contribution < -0.4 is 9.47 Å². The predicted octanol–water partition coefficient (Wildman–Crippen LogP) is 6.41. The fourth-order valence-electron chi connectivity index (χ4n) is 4.02. The second-order valence-electron chi connectivity index (χ2n) is 9.35. The molecule has 176 valence electrons. The van der Waals surface area contributed by atoms with Gasteiger partial charge < -0.3 is 14.4 Å². The molecule has 1 aliphatic rings. The van der Waals surface area contributed by atoms with Gasteiger partial charge in [-0.1, -0.05) is 0 Å². The van der Waals surface area contributed by atoms with Crippen LogP contribution in [0.25, 0.3) is 27.4 Å². The average molecular weight is 494 g/mol. The van der Waals surface area contributed by atoms with E-state index in [4.69, 9.17) is 14.6 Å². The van der Waals surface area contributed by atoms with Gasteiger partial charge >= 0.3 is 0 Å². The van der Waals surface area contributed by atoms with Gasteiger partial charge in [-0.25, -0.2) is 4.68 Å². The Labute approximate surface area is 207 Å². The molecule has 0 fully saturated rings. The molecule has 8 heteroatoms. The highest BCUT2D eigenvalue weighted by atomic mass is 32.1. The van der Waals surface area contributed by atoms with Gasteiger partial charge in [-0.05, 0) is 57.3 Å². The van der Waals surface area contributed by atoms with E-state index in [0.29, 0.717) is 5.69 Å². The summed E-state index contributed by atoms with van der Waals surface area (Å²) in [4.78, 5) is 17.6. The molecule has 1 aromatic carbocycles. The van der Waals surface area contributed by atoms with Crippen LogP contribution in [0.15, 0.2) is 41.1 Å². The van der Waals surface area contributed by atoms with Crippen LogP contribution in [0.2, 0.25) is 0 Å². The highest BCUT2D eigenvalue weighted by Gasteiger charge is 2.34. The van der Waals surface area contributed by atoms with Crippen molar-refractivity contribution in [1.82, 2.24) is 14.7 Å². The number of amides is 1. The minimum atomic E-state index is -0.332. The van der Waals surface area contributed by atoms with Crippen molar-refractivity contribution in [1.29, 1.82) is 0 Å². The number of carbonyl (C=O) groups is 1. The quantitative estimate of drug-likeness (QED) is 0.330. The van der Waals surface area contributed by atoms with E-state index in [1.807, 2.05) is 55.4 Å². The molecular weight excluding hydrogens is 466 g/mol. The summed E-state index contributed by atoms with van der Waals surface area (Å²) in [5, 5.41) is 8.89. The van der Waals surface area contributed by atoms with Gasteiger partial charge in [0.15, 0.2) is 5.69 Å². The van der Waals surface area contributed by atoms with Crippen molar-refractivity contribution in [2.75, 3.05) is 14.2 Å². The van der Waals surface area contributed by atoms with E-state index in [9.17, 15) is 4.79 Å². The Hall–Kier alpha value is -3.10. The van der Waals surface area contributed by atoms with Crippen LogP contribution in [-0.2, 0) is 6.61 Å². The summed E-state index contributed by atoms with van der Waals surface area (Å²) in [6.07, 6.45) is 0. The van der Waals surface area contributed by atoms with Crippen LogP contribution in [0.4, 0.5) is 0 Å². The molecule has 0 aliphatic carbocycles. The zero-order chi connectivity index (χ0) is 24.2. The van der Waals surface area contributed by atoms with E-state index >= 15 is 0 Å². The number of hydrogen-bond donors (Lipinski definition) is 0. The minimum absolute atomic E-state index is 0.118. The summed E-state index contributed by atoms with van der Waals surface area (Å²) in [5.74, 6) is 1.36. The summed E-state index contributed by atoms with van der Waals surface area (Å²) in [7, 11) is 3.49. The van der Waals surface area contributed by atoms with E-state index in [-0.39, 0.29) is 18.1 Å². The number of rotatable bonds is 4. The van der Waals surface area contributed by atoms with Gasteiger partial charge in [0.25, 0.3) is 5.91 Å². The maximum atomic E-state index is 13.5. The molecule has 0 atom stereocenters. The zero-order valence-electron chi connectivity index (χ0n) is 20.1. The van der Waals surface area contributed by atoms with Crippen molar-refractivity contribution in [3.63, 3.8) is 0 Å². The van der Waals surface area contributed by atoms with Gasteiger partial charge in [0.2, 0.25) is 0 Å². The first-order valence-electron chi connectivity index (χ1n) is 11.0. The second-order valence-corrected chi connectivity index (χ2v) is 11.4. The van der Waals surface area contributed by atoms with Gasteiger partial charge in [-0.15, -0.1) is 11.3 Å². The van der Waals surface area contributed by atoms with E-state index < -0.39 is 0 Å². The molecule has 4 heterocycles. The lowest BCUT2D eigenvalue weighted by Gasteiger charge is -2.31. The molecule has 6 nitrogen and oxygen atoms in total. The number of nitrogens with zero attached hydrogens (tertiary/aromatic N) is 3. The second kappa shape index (κ2) is 8.29. The lowest BCUT2D eigenvalue weighted by molar-refractivity contribution is 0.0646. The number of hydrogen-bond acceptors (Lipinski definition) is 6. The fraction of sp³-hybridized carbons (Fsp3) is 0.308. The Kier molecular flexibility index (Phi) is 5.53. The molecule has 1 amide bonds. The summed E-state index contributed by atoms with van der Waals surface area (Å²) in [5.41, 5.74) is 4.61. The smallest absolute Gasteiger partial charge is 0.274 e. The molecule has 0 spiro atoms. The zero-order valence-corrected chi connectivity index (χ0v) is 21.8. The van der Waals surface area contributed by atoms with E-state index in [1.165, 1.54) is 4.88 Å². The fourth-order valence-corrected chi connectivity index (χ4v) is 5.52. The molecule has 34 heavy (non-hydrogen) atoms. The third-order valence-corrected chi connectivity index (χ3v) is 7.89. The van der Waals surface area contributed by atoms with Gasteiger partial charge in [0.05, 0.1) is 18.5 Å². The molecule has 0 radical (unpaired) electrons. The number of methoxy groups -OCH3 is 1. The third-order valence-electron chi connectivity index (χ3n) is 6.18. The van der Waals surface area contributed by atoms with Crippen LogP contribution in [0.5, 0.6) is 11.5 Å². The van der Waals surface area contributed by atoms with Crippen molar-refractivity contribution in [3.8, 4) is 38.9 Å². The first-order valence-corrected chi connectivity index (χ1v) is 12.8. The van der Waals surface area contributed by atoms with Crippen LogP contribution in [0.1, 0.15) is 41.7 Å². The van der Waals surface area contributed by atoms with Crippen LogP contribution in [0, 0.1) is 6.92 Å². The van der Waals surface area contributed by atoms with E-state index in [2.05, 4.69) is 25.1 Å². The molecule has 4 aromatic rings. The normalized spacial score (nSPS) is 12.6. The Morgan fingerprint density at radius 3 is 2.62 bits per heavy atom. The topological polar surface area (TPSA) is 56.6 Å². The van der Waals surface area contributed by atoms with Crippen LogP contribution in [0.3, 0.4) is 0 Å². The SMILES string of the molecule is COc1cc2c(cc1-c1ccc(C)s1)-c1c(c(C(=O)N(C)C(C)(C)C)nn1-c1ccsc1)CO2. The highest BCUT2D eigenvalue weighted by Crippen LogP contribution is 2.47. The summed E-state index contributed by atoms with van der Waals surface area (Å²) < 4.78 is 13.8. The largest absolute Gasteiger partial charge is 0.496 e. The minimum Gasteiger partial charge on any atom is -0.496 e. The van der Waals surface area contributed by atoms with Gasteiger partial charge in [0, 0.05) is 50.5 Å². The standard InChI is InChI=1S/C26H27N3O3S2/c1-15-7-8-22(34-15)17-11-18-21(12-20(17)31-6)32-13-19-23(25(30)28(5)26(2,3)4)27-29(24(18)19)16-9-10-33-14-16/h7-12,14H,13H2,1-6H3. The van der Waals surface area contributed by atoms with Crippen LogP contribution in [-0.4, -0.2) is 40.3 Å². The third kappa shape index (κ3) is 3.71. The number of thiophene rings is 2. The number of benzene rings is 1. The van der Waals surface area contributed by atoms with Gasteiger partial charge in [-0.3, -0.25) is 4.79 Å². The Morgan fingerprint density at radius 1 is 1.21 bits per heavy atom. The lowest BCUT2D eigenvalue weighted by Crippen LogP contribution is -2.43. The maximum absolute atomic E-state index is 13.5. The maximum Gasteiger partial charge on any atom is 0.274 e. The number of aromatic nitrogens is 2.